The second-order valence-electron chi connectivity index (χ2n) is 7.57. The van der Waals surface area contributed by atoms with Crippen LogP contribution < -0.4 is 20.7 Å². The molecular formula is C21H32N4O5S. The molecule has 1 aromatic heterocycles. The molecule has 0 radical (unpaired) electrons. The van der Waals surface area contributed by atoms with Crippen molar-refractivity contribution < 1.29 is 13.2 Å². The summed E-state index contributed by atoms with van der Waals surface area (Å²) in [6.07, 6.45) is 3.59. The first-order valence-electron chi connectivity index (χ1n) is 10.3. The van der Waals surface area contributed by atoms with Gasteiger partial charge >= 0.3 is 5.69 Å². The summed E-state index contributed by atoms with van der Waals surface area (Å²) in [5, 5.41) is 0. The van der Waals surface area contributed by atoms with E-state index in [0.717, 1.165) is 49.0 Å². The fourth-order valence-electron chi connectivity index (χ4n) is 3.28. The zero-order chi connectivity index (χ0) is 23.0. The van der Waals surface area contributed by atoms with Gasteiger partial charge in [-0.25, -0.2) is 13.2 Å². The minimum atomic E-state index is -3.30. The summed E-state index contributed by atoms with van der Waals surface area (Å²) < 4.78 is 33.3. The summed E-state index contributed by atoms with van der Waals surface area (Å²) in [4.78, 5) is 26.2. The lowest BCUT2D eigenvalue weighted by atomic mass is 10.2. The molecule has 0 saturated carbocycles. The Hall–Kier alpha value is -2.59. The predicted octanol–water partition coefficient (Wildman–Crippen LogP) is 1.18. The molecule has 10 heteroatoms. The Kier molecular flexibility index (Phi) is 8.88. The third kappa shape index (κ3) is 7.87. The molecule has 0 spiro atoms. The van der Waals surface area contributed by atoms with Crippen molar-refractivity contribution in [2.45, 2.75) is 26.2 Å². The fraction of sp³-hybridized carbons (Fsp3) is 0.524. The first kappa shape index (κ1) is 24.7. The summed E-state index contributed by atoms with van der Waals surface area (Å²) in [5.74, 6) is 0.672. The number of rotatable bonds is 12. The third-order valence-electron chi connectivity index (χ3n) is 4.91. The smallest absolute Gasteiger partial charge is 0.330 e. The molecule has 0 fully saturated rings. The van der Waals surface area contributed by atoms with Crippen molar-refractivity contribution in [3.8, 4) is 5.75 Å². The third-order valence-corrected chi connectivity index (χ3v) is 5.51. The molecule has 0 atom stereocenters. The van der Waals surface area contributed by atoms with E-state index in [1.165, 1.54) is 17.7 Å². The van der Waals surface area contributed by atoms with E-state index in [2.05, 4.69) is 16.5 Å². The van der Waals surface area contributed by atoms with Gasteiger partial charge in [-0.3, -0.25) is 19.0 Å². The largest absolute Gasteiger partial charge is 0.492 e. The van der Waals surface area contributed by atoms with E-state index in [-0.39, 0.29) is 11.2 Å². The fourth-order valence-corrected chi connectivity index (χ4v) is 3.84. The Labute approximate surface area is 183 Å². The summed E-state index contributed by atoms with van der Waals surface area (Å²) >= 11 is 0. The topological polar surface area (TPSA) is 103 Å². The SMILES string of the molecule is CCCN(CCCc1cc(=O)n(C)c(=O)n1C)CCOc1ccc(NS(C)(=O)=O)cc1. The molecule has 0 unspecified atom stereocenters. The highest BCUT2D eigenvalue weighted by Gasteiger charge is 2.09. The Morgan fingerprint density at radius 1 is 1.03 bits per heavy atom. The number of nitrogens with one attached hydrogen (secondary N) is 1. The van der Waals surface area contributed by atoms with Crippen molar-refractivity contribution in [1.82, 2.24) is 14.0 Å². The number of hydrogen-bond acceptors (Lipinski definition) is 6. The van der Waals surface area contributed by atoms with Gasteiger partial charge in [0.2, 0.25) is 10.0 Å². The van der Waals surface area contributed by atoms with E-state index >= 15 is 0 Å². The molecule has 0 amide bonds. The monoisotopic (exact) mass is 452 g/mol. The normalized spacial score (nSPS) is 11.6. The maximum atomic E-state index is 12.0. The highest BCUT2D eigenvalue weighted by atomic mass is 32.2. The molecule has 2 aromatic rings. The molecule has 0 saturated heterocycles. The number of benzene rings is 1. The van der Waals surface area contributed by atoms with E-state index in [4.69, 9.17) is 4.74 Å². The molecule has 2 rings (SSSR count). The van der Waals surface area contributed by atoms with Crippen molar-refractivity contribution in [2.24, 2.45) is 14.1 Å². The zero-order valence-electron chi connectivity index (χ0n) is 18.6. The average Bonchev–Trinajstić information content (AvgIpc) is 2.70. The van der Waals surface area contributed by atoms with Gasteiger partial charge in [0, 0.05) is 38.1 Å². The molecular weight excluding hydrogens is 420 g/mol. The first-order chi connectivity index (χ1) is 14.6. The van der Waals surface area contributed by atoms with Gasteiger partial charge in [-0.15, -0.1) is 0 Å². The molecule has 172 valence electrons. The lowest BCUT2D eigenvalue weighted by Gasteiger charge is -2.22. The van der Waals surface area contributed by atoms with Crippen LogP contribution in [0, 0.1) is 0 Å². The molecule has 1 N–H and O–H groups in total. The van der Waals surface area contributed by atoms with Crippen molar-refractivity contribution in [2.75, 3.05) is 37.2 Å². The van der Waals surface area contributed by atoms with Crippen molar-refractivity contribution >= 4 is 15.7 Å². The van der Waals surface area contributed by atoms with Crippen LogP contribution in [0.4, 0.5) is 5.69 Å². The number of hydrogen-bond donors (Lipinski definition) is 1. The molecule has 0 bridgehead atoms. The van der Waals surface area contributed by atoms with Crippen molar-refractivity contribution in [1.29, 1.82) is 0 Å². The van der Waals surface area contributed by atoms with Crippen LogP contribution in [-0.2, 0) is 30.5 Å². The molecule has 9 nitrogen and oxygen atoms in total. The van der Waals surface area contributed by atoms with Gasteiger partial charge in [-0.1, -0.05) is 6.92 Å². The number of ether oxygens (including phenoxy) is 1. The van der Waals surface area contributed by atoms with Crippen molar-refractivity contribution in [3.63, 3.8) is 0 Å². The highest BCUT2D eigenvalue weighted by Crippen LogP contribution is 2.16. The number of anilines is 1. The van der Waals surface area contributed by atoms with E-state index in [1.54, 1.807) is 31.3 Å². The Morgan fingerprint density at radius 3 is 2.32 bits per heavy atom. The Balaban J connectivity index is 1.84. The van der Waals surface area contributed by atoms with Crippen LogP contribution >= 0.6 is 0 Å². The van der Waals surface area contributed by atoms with Gasteiger partial charge < -0.3 is 9.30 Å². The van der Waals surface area contributed by atoms with E-state index in [9.17, 15) is 18.0 Å². The van der Waals surface area contributed by atoms with Gasteiger partial charge in [0.25, 0.3) is 5.56 Å². The van der Waals surface area contributed by atoms with Gasteiger partial charge in [0.15, 0.2) is 0 Å². The quantitative estimate of drug-likeness (QED) is 0.519. The second kappa shape index (κ2) is 11.1. The van der Waals surface area contributed by atoms with Crippen LogP contribution in [0.1, 0.15) is 25.5 Å². The van der Waals surface area contributed by atoms with Gasteiger partial charge in [0.1, 0.15) is 12.4 Å². The Morgan fingerprint density at radius 2 is 1.71 bits per heavy atom. The minimum absolute atomic E-state index is 0.283. The number of aryl methyl sites for hydroxylation is 1. The second-order valence-corrected chi connectivity index (χ2v) is 9.32. The van der Waals surface area contributed by atoms with E-state index in [0.29, 0.717) is 24.5 Å². The maximum absolute atomic E-state index is 12.0. The molecule has 1 heterocycles. The van der Waals surface area contributed by atoms with Crippen LogP contribution in [0.5, 0.6) is 5.75 Å². The highest BCUT2D eigenvalue weighted by molar-refractivity contribution is 7.92. The zero-order valence-corrected chi connectivity index (χ0v) is 19.4. The molecule has 0 aliphatic heterocycles. The number of nitrogens with zero attached hydrogens (tertiary/aromatic N) is 3. The number of sulfonamides is 1. The van der Waals surface area contributed by atoms with E-state index < -0.39 is 10.0 Å². The summed E-state index contributed by atoms with van der Waals surface area (Å²) in [7, 11) is -0.133. The maximum Gasteiger partial charge on any atom is 0.330 e. The van der Waals surface area contributed by atoms with Crippen LogP contribution in [0.2, 0.25) is 0 Å². The minimum Gasteiger partial charge on any atom is -0.492 e. The standard InChI is InChI=1S/C21H32N4O5S/c1-5-12-25(13-6-7-18-16-20(26)24(3)21(27)23(18)2)14-15-30-19-10-8-17(9-11-19)22-31(4,28)29/h8-11,16,22H,5-7,12-15H2,1-4H3. The molecule has 1 aromatic carbocycles. The lowest BCUT2D eigenvalue weighted by Crippen LogP contribution is -2.38. The predicted molar refractivity (Wildman–Crippen MR) is 122 cm³/mol. The van der Waals surface area contributed by atoms with Crippen LogP contribution in [0.25, 0.3) is 0 Å². The molecule has 31 heavy (non-hydrogen) atoms. The van der Waals surface area contributed by atoms with Crippen LogP contribution in [0.15, 0.2) is 39.9 Å². The van der Waals surface area contributed by atoms with Gasteiger partial charge in [-0.05, 0) is 56.6 Å². The molecule has 0 aliphatic carbocycles. The number of aromatic nitrogens is 2. The average molecular weight is 453 g/mol. The molecule has 0 aliphatic rings. The lowest BCUT2D eigenvalue weighted by molar-refractivity contribution is 0.207. The summed E-state index contributed by atoms with van der Waals surface area (Å²) in [6.45, 7) is 5.12. The van der Waals surface area contributed by atoms with Crippen molar-refractivity contribution in [3.05, 3.63) is 56.9 Å². The summed E-state index contributed by atoms with van der Waals surface area (Å²) in [6, 6.07) is 8.31. The van der Waals surface area contributed by atoms with Crippen LogP contribution in [-0.4, -0.2) is 54.9 Å². The van der Waals surface area contributed by atoms with E-state index in [1.807, 2.05) is 0 Å². The van der Waals surface area contributed by atoms with Gasteiger partial charge in [0.05, 0.1) is 6.26 Å². The Bertz CT molecular complexity index is 1070. The summed E-state index contributed by atoms with van der Waals surface area (Å²) in [5.41, 5.74) is 0.643. The van der Waals surface area contributed by atoms with Crippen LogP contribution in [0.3, 0.4) is 0 Å². The van der Waals surface area contributed by atoms with Gasteiger partial charge in [-0.2, -0.15) is 0 Å². The first-order valence-corrected chi connectivity index (χ1v) is 12.2.